The Bertz CT molecular complexity index is 869. The first-order valence-electron chi connectivity index (χ1n) is 9.09. The Morgan fingerprint density at radius 3 is 2.83 bits per heavy atom. The van der Waals surface area contributed by atoms with Gasteiger partial charge in [-0.25, -0.2) is 4.68 Å². The zero-order valence-electron chi connectivity index (χ0n) is 16.3. The van der Waals surface area contributed by atoms with Crippen LogP contribution in [0.3, 0.4) is 0 Å². The van der Waals surface area contributed by atoms with Crippen LogP contribution in [0.15, 0.2) is 30.5 Å². The number of carbonyl (C=O) groups excluding carboxylic acids is 1. The molecule has 3 atom stereocenters. The molecule has 1 aliphatic rings. The van der Waals surface area contributed by atoms with Gasteiger partial charge in [0.15, 0.2) is 6.04 Å². The summed E-state index contributed by atoms with van der Waals surface area (Å²) in [7, 11) is 2.99. The molecule has 10 heteroatoms. The summed E-state index contributed by atoms with van der Waals surface area (Å²) >= 11 is 0. The van der Waals surface area contributed by atoms with Crippen molar-refractivity contribution in [3.63, 3.8) is 0 Å². The minimum absolute atomic E-state index is 0.0357. The maximum Gasteiger partial charge on any atom is 0.410 e. The summed E-state index contributed by atoms with van der Waals surface area (Å²) in [5.41, 5.74) is 0.681. The third-order valence-electron chi connectivity index (χ3n) is 4.77. The number of fused-ring (bicyclic) bond motifs is 1. The van der Waals surface area contributed by atoms with E-state index in [1.807, 2.05) is 0 Å². The first-order valence-corrected chi connectivity index (χ1v) is 9.09. The van der Waals surface area contributed by atoms with Crippen LogP contribution < -0.4 is 15.4 Å². The average Bonchev–Trinajstić information content (AvgIpc) is 3.10. The van der Waals surface area contributed by atoms with Crippen molar-refractivity contribution in [3.8, 4) is 5.75 Å². The number of ether oxygens (including phenoxy) is 2. The smallest absolute Gasteiger partial charge is 0.410 e. The van der Waals surface area contributed by atoms with Crippen LogP contribution in [0.2, 0.25) is 0 Å². The second-order valence-corrected chi connectivity index (χ2v) is 6.95. The van der Waals surface area contributed by atoms with Crippen molar-refractivity contribution < 1.29 is 27.4 Å². The number of anilines is 1. The first-order chi connectivity index (χ1) is 13.7. The first kappa shape index (κ1) is 21.0. The molecule has 2 aromatic rings. The van der Waals surface area contributed by atoms with Crippen LogP contribution in [0.1, 0.15) is 41.3 Å². The fraction of sp³-hybridized carbons (Fsp3) is 0.474. The summed E-state index contributed by atoms with van der Waals surface area (Å²) in [4.78, 5) is 12.6. The summed E-state index contributed by atoms with van der Waals surface area (Å²) in [5, 5.41) is 9.61. The van der Waals surface area contributed by atoms with Crippen LogP contribution in [0, 0.1) is 0 Å². The highest BCUT2D eigenvalue weighted by atomic mass is 19.4. The van der Waals surface area contributed by atoms with Gasteiger partial charge in [0.2, 0.25) is 0 Å². The highest BCUT2D eigenvalue weighted by Crippen LogP contribution is 2.44. The molecule has 0 unspecified atom stereocenters. The lowest BCUT2D eigenvalue weighted by Gasteiger charge is -2.34. The third-order valence-corrected chi connectivity index (χ3v) is 4.77. The lowest BCUT2D eigenvalue weighted by molar-refractivity contribution is -0.173. The molecule has 1 amide bonds. The number of nitrogens with zero attached hydrogens (tertiary/aromatic N) is 2. The Hall–Kier alpha value is -2.75. The molecule has 0 aliphatic carbocycles. The number of methoxy groups -OCH3 is 2. The molecular weight excluding hydrogens is 389 g/mol. The largest absolute Gasteiger partial charge is 0.497 e. The monoisotopic (exact) mass is 412 g/mol. The van der Waals surface area contributed by atoms with Gasteiger partial charge in [0.25, 0.3) is 5.91 Å². The average molecular weight is 412 g/mol. The Morgan fingerprint density at radius 2 is 2.17 bits per heavy atom. The van der Waals surface area contributed by atoms with Gasteiger partial charge < -0.3 is 20.1 Å². The van der Waals surface area contributed by atoms with Gasteiger partial charge in [-0.3, -0.25) is 4.79 Å². The second-order valence-electron chi connectivity index (χ2n) is 6.95. The molecule has 0 saturated carbocycles. The van der Waals surface area contributed by atoms with Crippen molar-refractivity contribution in [1.82, 2.24) is 15.1 Å². The van der Waals surface area contributed by atoms with Gasteiger partial charge in [-0.1, -0.05) is 12.1 Å². The maximum absolute atomic E-state index is 13.7. The Kier molecular flexibility index (Phi) is 6.02. The molecule has 0 spiro atoms. The van der Waals surface area contributed by atoms with E-state index in [-0.39, 0.29) is 30.5 Å². The topological polar surface area (TPSA) is 77.4 Å². The van der Waals surface area contributed by atoms with Crippen LogP contribution in [-0.4, -0.2) is 48.7 Å². The van der Waals surface area contributed by atoms with Gasteiger partial charge in [-0.15, -0.1) is 0 Å². The molecule has 158 valence electrons. The van der Waals surface area contributed by atoms with Gasteiger partial charge in [0.05, 0.1) is 26.0 Å². The lowest BCUT2D eigenvalue weighted by atomic mass is 9.96. The SMILES string of the molecule is COC[C@@H](C)NC(=O)c1cnn2c1N[C@@H](c1cccc(OC)c1)C[C@@H]2C(F)(F)F. The number of aromatic nitrogens is 2. The minimum Gasteiger partial charge on any atom is -0.497 e. The Morgan fingerprint density at radius 1 is 1.41 bits per heavy atom. The Balaban J connectivity index is 1.96. The molecule has 7 nitrogen and oxygen atoms in total. The second kappa shape index (κ2) is 8.32. The van der Waals surface area contributed by atoms with Crippen molar-refractivity contribution in [2.75, 3.05) is 26.1 Å². The fourth-order valence-corrected chi connectivity index (χ4v) is 3.40. The van der Waals surface area contributed by atoms with Gasteiger partial charge in [0.1, 0.15) is 17.1 Å². The normalized spacial score (nSPS) is 19.8. The molecule has 29 heavy (non-hydrogen) atoms. The molecule has 2 N–H and O–H groups in total. The van der Waals surface area contributed by atoms with Crippen LogP contribution in [0.4, 0.5) is 19.0 Å². The highest BCUT2D eigenvalue weighted by molar-refractivity contribution is 5.99. The van der Waals surface area contributed by atoms with Gasteiger partial charge in [0, 0.05) is 19.6 Å². The van der Waals surface area contributed by atoms with Crippen molar-refractivity contribution in [3.05, 3.63) is 41.6 Å². The van der Waals surface area contributed by atoms with Crippen molar-refractivity contribution in [2.24, 2.45) is 0 Å². The standard InChI is InChI=1S/C19H23F3N4O3/c1-11(10-28-2)24-18(27)14-9-23-26-16(19(20,21)22)8-15(25-17(14)26)12-5-4-6-13(7-12)29-3/h4-7,9,11,15-16,25H,8,10H2,1-3H3,(H,24,27)/t11-,15-,16-/m1/s1. The van der Waals surface area contributed by atoms with E-state index in [0.29, 0.717) is 11.3 Å². The van der Waals surface area contributed by atoms with E-state index in [9.17, 15) is 18.0 Å². The minimum atomic E-state index is -4.52. The zero-order chi connectivity index (χ0) is 21.2. The number of carbonyl (C=O) groups is 1. The molecular formula is C19H23F3N4O3. The molecule has 0 saturated heterocycles. The zero-order valence-corrected chi connectivity index (χ0v) is 16.3. The highest BCUT2D eigenvalue weighted by Gasteiger charge is 2.47. The molecule has 1 aromatic heterocycles. The summed E-state index contributed by atoms with van der Waals surface area (Å²) in [5.74, 6) is 0.0577. The summed E-state index contributed by atoms with van der Waals surface area (Å²) < 4.78 is 52.2. The molecule has 1 aliphatic heterocycles. The number of amides is 1. The molecule has 0 bridgehead atoms. The molecule has 0 radical (unpaired) electrons. The predicted octanol–water partition coefficient (Wildman–Crippen LogP) is 3.32. The molecule has 2 heterocycles. The number of alkyl halides is 3. The van der Waals surface area contributed by atoms with E-state index >= 15 is 0 Å². The summed E-state index contributed by atoms with van der Waals surface area (Å²) in [6.07, 6.45) is -3.62. The number of hydrogen-bond acceptors (Lipinski definition) is 5. The van der Waals surface area contributed by atoms with E-state index < -0.39 is 24.2 Å². The van der Waals surface area contributed by atoms with Gasteiger partial charge in [-0.05, 0) is 24.6 Å². The number of halogens is 3. The lowest BCUT2D eigenvalue weighted by Crippen LogP contribution is -2.38. The number of benzene rings is 1. The van der Waals surface area contributed by atoms with Crippen LogP contribution in [0.5, 0.6) is 5.75 Å². The van der Waals surface area contributed by atoms with E-state index in [2.05, 4.69) is 15.7 Å². The predicted molar refractivity (Wildman–Crippen MR) is 100 cm³/mol. The number of nitrogens with one attached hydrogen (secondary N) is 2. The fourth-order valence-electron chi connectivity index (χ4n) is 3.40. The Labute approximate surface area is 166 Å². The molecule has 0 fully saturated rings. The van der Waals surface area contributed by atoms with Crippen LogP contribution >= 0.6 is 0 Å². The number of hydrogen-bond donors (Lipinski definition) is 2. The van der Waals surface area contributed by atoms with Crippen molar-refractivity contribution in [2.45, 2.75) is 37.6 Å². The summed E-state index contributed by atoms with van der Waals surface area (Å²) in [6.45, 7) is 2.02. The van der Waals surface area contributed by atoms with Crippen LogP contribution in [-0.2, 0) is 4.74 Å². The van der Waals surface area contributed by atoms with Gasteiger partial charge in [-0.2, -0.15) is 18.3 Å². The quantitative estimate of drug-likeness (QED) is 0.761. The van der Waals surface area contributed by atoms with Crippen molar-refractivity contribution >= 4 is 11.7 Å². The van der Waals surface area contributed by atoms with E-state index in [1.54, 1.807) is 31.2 Å². The van der Waals surface area contributed by atoms with E-state index in [1.165, 1.54) is 14.2 Å². The number of rotatable bonds is 6. The molecule has 1 aromatic carbocycles. The molecule has 3 rings (SSSR count). The van der Waals surface area contributed by atoms with E-state index in [4.69, 9.17) is 9.47 Å². The van der Waals surface area contributed by atoms with Crippen molar-refractivity contribution in [1.29, 1.82) is 0 Å². The maximum atomic E-state index is 13.7. The van der Waals surface area contributed by atoms with E-state index in [0.717, 1.165) is 10.9 Å². The van der Waals surface area contributed by atoms with Crippen LogP contribution in [0.25, 0.3) is 0 Å². The third kappa shape index (κ3) is 4.47. The summed E-state index contributed by atoms with van der Waals surface area (Å²) in [6, 6.07) is 4.01. The van der Waals surface area contributed by atoms with Gasteiger partial charge >= 0.3 is 6.18 Å².